The van der Waals surface area contributed by atoms with Crippen molar-refractivity contribution in [2.45, 2.75) is 38.6 Å². The predicted molar refractivity (Wildman–Crippen MR) is 53.8 cm³/mol. The molecule has 1 fully saturated rings. The van der Waals surface area contributed by atoms with Gasteiger partial charge >= 0.3 is 12.1 Å². The van der Waals surface area contributed by atoms with Crippen LogP contribution in [0.25, 0.3) is 0 Å². The monoisotopic (exact) mass is 229 g/mol. The Hall–Kier alpha value is -1.59. The van der Waals surface area contributed by atoms with E-state index in [-0.39, 0.29) is 19.4 Å². The number of hydrogen-bond acceptors (Lipinski definition) is 4. The summed E-state index contributed by atoms with van der Waals surface area (Å²) in [5.74, 6) is -1.65. The van der Waals surface area contributed by atoms with Crippen molar-refractivity contribution in [3.05, 3.63) is 0 Å². The van der Waals surface area contributed by atoms with Crippen LogP contribution in [0, 0.1) is 0 Å². The zero-order chi connectivity index (χ0) is 12.1. The SMILES string of the molecule is CCCCOC(=O)N1C(=O)CC[C@H]1C(=O)O. The molecule has 1 N–H and O–H groups in total. The molecule has 1 saturated heterocycles. The van der Waals surface area contributed by atoms with Gasteiger partial charge in [0, 0.05) is 6.42 Å². The molecular formula is C10H15NO5. The maximum Gasteiger partial charge on any atom is 0.417 e. The Bertz CT molecular complexity index is 302. The number of likely N-dealkylation sites (tertiary alicyclic amines) is 1. The van der Waals surface area contributed by atoms with Crippen molar-refractivity contribution in [1.29, 1.82) is 0 Å². The van der Waals surface area contributed by atoms with Crippen LogP contribution < -0.4 is 0 Å². The van der Waals surface area contributed by atoms with Crippen molar-refractivity contribution in [2.75, 3.05) is 6.61 Å². The number of rotatable bonds is 4. The lowest BCUT2D eigenvalue weighted by molar-refractivity contribution is -0.145. The summed E-state index contributed by atoms with van der Waals surface area (Å²) in [5, 5.41) is 8.82. The maximum absolute atomic E-state index is 11.5. The van der Waals surface area contributed by atoms with Crippen LogP contribution in [0.2, 0.25) is 0 Å². The standard InChI is InChI=1S/C10H15NO5/c1-2-3-6-16-10(15)11-7(9(13)14)4-5-8(11)12/h7H,2-6H2,1H3,(H,13,14)/t7-/m0/s1. The van der Waals surface area contributed by atoms with Crippen LogP contribution in [0.1, 0.15) is 32.6 Å². The first-order valence-corrected chi connectivity index (χ1v) is 5.29. The van der Waals surface area contributed by atoms with Crippen molar-refractivity contribution in [3.63, 3.8) is 0 Å². The van der Waals surface area contributed by atoms with Crippen molar-refractivity contribution in [1.82, 2.24) is 4.90 Å². The molecule has 6 heteroatoms. The maximum atomic E-state index is 11.5. The molecule has 1 aliphatic heterocycles. The van der Waals surface area contributed by atoms with E-state index < -0.39 is 24.0 Å². The van der Waals surface area contributed by atoms with Crippen LogP contribution in [0.4, 0.5) is 4.79 Å². The van der Waals surface area contributed by atoms with Crippen LogP contribution >= 0.6 is 0 Å². The summed E-state index contributed by atoms with van der Waals surface area (Å²) in [4.78, 5) is 34.3. The number of unbranched alkanes of at least 4 members (excludes halogenated alkanes) is 1. The van der Waals surface area contributed by atoms with E-state index in [0.29, 0.717) is 11.3 Å². The van der Waals surface area contributed by atoms with Gasteiger partial charge in [-0.15, -0.1) is 0 Å². The zero-order valence-corrected chi connectivity index (χ0v) is 9.14. The average Bonchev–Trinajstić information content (AvgIpc) is 2.60. The minimum Gasteiger partial charge on any atom is -0.480 e. The molecule has 16 heavy (non-hydrogen) atoms. The number of imide groups is 1. The number of hydrogen-bond donors (Lipinski definition) is 1. The van der Waals surface area contributed by atoms with Gasteiger partial charge in [0.1, 0.15) is 6.04 Å². The quantitative estimate of drug-likeness (QED) is 0.727. The van der Waals surface area contributed by atoms with Gasteiger partial charge < -0.3 is 9.84 Å². The number of carbonyl (C=O) groups is 3. The first kappa shape index (κ1) is 12.5. The highest BCUT2D eigenvalue weighted by Gasteiger charge is 2.41. The summed E-state index contributed by atoms with van der Waals surface area (Å²) in [7, 11) is 0. The lowest BCUT2D eigenvalue weighted by Crippen LogP contribution is -2.43. The highest BCUT2D eigenvalue weighted by Crippen LogP contribution is 2.19. The highest BCUT2D eigenvalue weighted by atomic mass is 16.6. The largest absolute Gasteiger partial charge is 0.480 e. The number of amides is 2. The molecule has 0 aliphatic carbocycles. The van der Waals surface area contributed by atoms with Gasteiger partial charge in [-0.3, -0.25) is 4.79 Å². The van der Waals surface area contributed by atoms with Gasteiger partial charge in [-0.2, -0.15) is 0 Å². The van der Waals surface area contributed by atoms with Gasteiger partial charge in [-0.25, -0.2) is 14.5 Å². The lowest BCUT2D eigenvalue weighted by atomic mass is 10.2. The van der Waals surface area contributed by atoms with E-state index in [0.717, 1.165) is 6.42 Å². The second kappa shape index (κ2) is 5.48. The molecule has 0 spiro atoms. The molecular weight excluding hydrogens is 214 g/mol. The summed E-state index contributed by atoms with van der Waals surface area (Å²) >= 11 is 0. The number of carboxylic acids is 1. The number of aliphatic carboxylic acids is 1. The van der Waals surface area contributed by atoms with Gasteiger partial charge in [-0.1, -0.05) is 13.3 Å². The second-order valence-corrected chi connectivity index (χ2v) is 3.62. The van der Waals surface area contributed by atoms with Crippen molar-refractivity contribution < 1.29 is 24.2 Å². The molecule has 1 atom stereocenters. The Balaban J connectivity index is 2.57. The summed E-state index contributed by atoms with van der Waals surface area (Å²) in [6.45, 7) is 2.15. The lowest BCUT2D eigenvalue weighted by Gasteiger charge is -2.18. The molecule has 1 rings (SSSR count). The van der Waals surface area contributed by atoms with Gasteiger partial charge in [-0.05, 0) is 12.8 Å². The fraction of sp³-hybridized carbons (Fsp3) is 0.700. The van der Waals surface area contributed by atoms with Crippen molar-refractivity contribution in [2.24, 2.45) is 0 Å². The first-order valence-electron chi connectivity index (χ1n) is 5.29. The fourth-order valence-corrected chi connectivity index (χ4v) is 1.52. The second-order valence-electron chi connectivity index (χ2n) is 3.62. The van der Waals surface area contributed by atoms with E-state index in [1.165, 1.54) is 0 Å². The summed E-state index contributed by atoms with van der Waals surface area (Å²) < 4.78 is 4.82. The number of carboxylic acid groups (broad SMARTS) is 1. The summed E-state index contributed by atoms with van der Waals surface area (Å²) in [6, 6.07) is -1.07. The molecule has 6 nitrogen and oxygen atoms in total. The molecule has 0 aromatic rings. The first-order chi connectivity index (χ1) is 7.57. The molecule has 1 heterocycles. The van der Waals surface area contributed by atoms with E-state index in [4.69, 9.17) is 9.84 Å². The Labute approximate surface area is 93.2 Å². The predicted octanol–water partition coefficient (Wildman–Crippen LogP) is 0.999. The van der Waals surface area contributed by atoms with E-state index >= 15 is 0 Å². The van der Waals surface area contributed by atoms with Crippen LogP contribution in [-0.4, -0.2) is 40.6 Å². The Kier molecular flexibility index (Phi) is 4.28. The van der Waals surface area contributed by atoms with Gasteiger partial charge in [0.05, 0.1) is 6.61 Å². The van der Waals surface area contributed by atoms with E-state index in [1.807, 2.05) is 6.92 Å². The van der Waals surface area contributed by atoms with Gasteiger partial charge in [0.15, 0.2) is 0 Å². The van der Waals surface area contributed by atoms with Gasteiger partial charge in [0.25, 0.3) is 0 Å². The Morgan fingerprint density at radius 1 is 1.56 bits per heavy atom. The van der Waals surface area contributed by atoms with E-state index in [1.54, 1.807) is 0 Å². The molecule has 0 aromatic carbocycles. The van der Waals surface area contributed by atoms with Crippen LogP contribution in [-0.2, 0) is 14.3 Å². The molecule has 0 radical (unpaired) electrons. The molecule has 90 valence electrons. The van der Waals surface area contributed by atoms with Crippen molar-refractivity contribution >= 4 is 18.0 Å². The molecule has 0 saturated carbocycles. The third kappa shape index (κ3) is 2.71. The minimum atomic E-state index is -1.17. The normalized spacial score (nSPS) is 19.9. The third-order valence-electron chi connectivity index (χ3n) is 2.42. The summed E-state index contributed by atoms with van der Waals surface area (Å²) in [5.41, 5.74) is 0. The summed E-state index contributed by atoms with van der Waals surface area (Å²) in [6.07, 6.45) is 0.967. The smallest absolute Gasteiger partial charge is 0.417 e. The molecule has 0 bridgehead atoms. The highest BCUT2D eigenvalue weighted by molar-refractivity contribution is 5.99. The molecule has 2 amide bonds. The molecule has 0 aromatic heterocycles. The molecule has 1 aliphatic rings. The third-order valence-corrected chi connectivity index (χ3v) is 2.42. The van der Waals surface area contributed by atoms with Crippen LogP contribution in [0.3, 0.4) is 0 Å². The van der Waals surface area contributed by atoms with E-state index in [9.17, 15) is 14.4 Å². The van der Waals surface area contributed by atoms with Crippen LogP contribution in [0.15, 0.2) is 0 Å². The van der Waals surface area contributed by atoms with Crippen LogP contribution in [0.5, 0.6) is 0 Å². The Morgan fingerprint density at radius 2 is 2.25 bits per heavy atom. The number of nitrogens with zero attached hydrogens (tertiary/aromatic N) is 1. The number of carbonyl (C=O) groups excluding carboxylic acids is 2. The average molecular weight is 229 g/mol. The fourth-order valence-electron chi connectivity index (χ4n) is 1.52. The minimum absolute atomic E-state index is 0.0832. The van der Waals surface area contributed by atoms with E-state index in [2.05, 4.69) is 0 Å². The topological polar surface area (TPSA) is 83.9 Å². The van der Waals surface area contributed by atoms with Crippen molar-refractivity contribution in [3.8, 4) is 0 Å². The Morgan fingerprint density at radius 3 is 2.81 bits per heavy atom. The molecule has 0 unspecified atom stereocenters. The van der Waals surface area contributed by atoms with Gasteiger partial charge in [0.2, 0.25) is 5.91 Å². The number of ether oxygens (including phenoxy) is 1. The zero-order valence-electron chi connectivity index (χ0n) is 9.14.